The van der Waals surface area contributed by atoms with Crippen molar-refractivity contribution in [2.75, 3.05) is 6.54 Å². The summed E-state index contributed by atoms with van der Waals surface area (Å²) in [5.74, 6) is -3.96. The van der Waals surface area contributed by atoms with Crippen molar-refractivity contribution in [2.24, 2.45) is 11.7 Å². The van der Waals surface area contributed by atoms with Gasteiger partial charge in [0, 0.05) is 13.1 Å². The van der Waals surface area contributed by atoms with Crippen molar-refractivity contribution in [3.05, 3.63) is 35.4 Å². The Balaban J connectivity index is 0.000000540. The SMILES string of the molecule is NC(C(=O)N1CCC[C@H]1C(=O)NCc1ccccc1C(=O)O)C1CCCCC1.O=C(O)C(F)(F)F. The first-order valence-electron chi connectivity index (χ1n) is 11.4. The summed E-state index contributed by atoms with van der Waals surface area (Å²) in [5.41, 5.74) is 6.97. The number of likely N-dealkylation sites (tertiary alicyclic amines) is 1. The molecule has 3 rings (SSSR count). The highest BCUT2D eigenvalue weighted by Gasteiger charge is 2.39. The van der Waals surface area contributed by atoms with Crippen LogP contribution in [0.5, 0.6) is 0 Å². The smallest absolute Gasteiger partial charge is 0.478 e. The summed E-state index contributed by atoms with van der Waals surface area (Å²) in [6.45, 7) is 0.664. The van der Waals surface area contributed by atoms with E-state index in [1.54, 1.807) is 23.1 Å². The molecule has 0 aromatic heterocycles. The van der Waals surface area contributed by atoms with Gasteiger partial charge in [0.2, 0.25) is 11.8 Å². The number of hydrogen-bond acceptors (Lipinski definition) is 5. The van der Waals surface area contributed by atoms with Gasteiger partial charge in [0.1, 0.15) is 6.04 Å². The first-order chi connectivity index (χ1) is 16.4. The minimum Gasteiger partial charge on any atom is -0.478 e. The molecule has 2 fully saturated rings. The van der Waals surface area contributed by atoms with E-state index in [9.17, 15) is 32.7 Å². The van der Waals surface area contributed by atoms with E-state index in [0.717, 1.165) is 32.1 Å². The van der Waals surface area contributed by atoms with E-state index in [2.05, 4.69) is 5.32 Å². The Kier molecular flexibility index (Phi) is 10.1. The summed E-state index contributed by atoms with van der Waals surface area (Å²) < 4.78 is 31.7. The summed E-state index contributed by atoms with van der Waals surface area (Å²) in [4.78, 5) is 47.5. The number of nitrogens with two attached hydrogens (primary N) is 1. The van der Waals surface area contributed by atoms with E-state index >= 15 is 0 Å². The van der Waals surface area contributed by atoms with Crippen molar-refractivity contribution < 1.29 is 42.6 Å². The maximum atomic E-state index is 12.9. The molecule has 2 atom stereocenters. The van der Waals surface area contributed by atoms with E-state index in [1.165, 1.54) is 12.5 Å². The van der Waals surface area contributed by atoms with Crippen LogP contribution in [-0.4, -0.2) is 63.7 Å². The molecule has 194 valence electrons. The molecule has 12 heteroatoms. The van der Waals surface area contributed by atoms with E-state index in [4.69, 9.17) is 15.6 Å². The zero-order valence-electron chi connectivity index (χ0n) is 19.1. The van der Waals surface area contributed by atoms with Gasteiger partial charge >= 0.3 is 18.1 Å². The molecule has 0 spiro atoms. The molecule has 35 heavy (non-hydrogen) atoms. The van der Waals surface area contributed by atoms with Crippen LogP contribution in [0.4, 0.5) is 13.2 Å². The summed E-state index contributed by atoms with van der Waals surface area (Å²) in [5, 5.41) is 19.2. The third-order valence-electron chi connectivity index (χ3n) is 6.22. The Hall–Kier alpha value is -3.15. The van der Waals surface area contributed by atoms with Crippen LogP contribution in [0, 0.1) is 5.92 Å². The number of carboxylic acids is 2. The number of nitrogens with zero attached hydrogens (tertiary/aromatic N) is 1. The number of carbonyl (C=O) groups is 4. The second-order valence-electron chi connectivity index (χ2n) is 8.60. The fourth-order valence-corrected chi connectivity index (χ4v) is 4.37. The van der Waals surface area contributed by atoms with Crippen LogP contribution >= 0.6 is 0 Å². The number of aromatic carboxylic acids is 1. The Morgan fingerprint density at radius 1 is 1.03 bits per heavy atom. The summed E-state index contributed by atoms with van der Waals surface area (Å²) in [6, 6.07) is 5.51. The molecule has 5 N–H and O–H groups in total. The van der Waals surface area contributed by atoms with Crippen molar-refractivity contribution in [2.45, 2.75) is 69.8 Å². The number of carbonyl (C=O) groups excluding carboxylic acids is 2. The second-order valence-corrected chi connectivity index (χ2v) is 8.60. The van der Waals surface area contributed by atoms with Gasteiger partial charge in [-0.3, -0.25) is 9.59 Å². The molecule has 9 nitrogen and oxygen atoms in total. The van der Waals surface area contributed by atoms with Crippen molar-refractivity contribution in [3.63, 3.8) is 0 Å². The van der Waals surface area contributed by atoms with Gasteiger partial charge in [-0.1, -0.05) is 37.5 Å². The van der Waals surface area contributed by atoms with Crippen LogP contribution in [0.2, 0.25) is 0 Å². The molecule has 1 aliphatic carbocycles. The van der Waals surface area contributed by atoms with E-state index in [-0.39, 0.29) is 29.8 Å². The molecule has 1 aromatic rings. The number of nitrogens with one attached hydrogen (secondary N) is 1. The highest BCUT2D eigenvalue weighted by molar-refractivity contribution is 5.91. The predicted molar refractivity (Wildman–Crippen MR) is 118 cm³/mol. The van der Waals surface area contributed by atoms with Gasteiger partial charge < -0.3 is 26.2 Å². The molecular formula is C23H30F3N3O6. The Morgan fingerprint density at radius 2 is 1.63 bits per heavy atom. The number of rotatable bonds is 6. The topological polar surface area (TPSA) is 150 Å². The fraction of sp³-hybridized carbons (Fsp3) is 0.565. The number of benzene rings is 1. The molecule has 1 heterocycles. The van der Waals surface area contributed by atoms with Crippen molar-refractivity contribution in [1.82, 2.24) is 10.2 Å². The van der Waals surface area contributed by atoms with Gasteiger partial charge in [0.15, 0.2) is 0 Å². The summed E-state index contributed by atoms with van der Waals surface area (Å²) in [7, 11) is 0. The van der Waals surface area contributed by atoms with Gasteiger partial charge in [-0.2, -0.15) is 13.2 Å². The maximum absolute atomic E-state index is 12.9. The molecule has 1 unspecified atom stereocenters. The van der Waals surface area contributed by atoms with Gasteiger partial charge in [-0.25, -0.2) is 9.59 Å². The monoisotopic (exact) mass is 501 g/mol. The number of halogens is 3. The number of aliphatic carboxylic acids is 1. The van der Waals surface area contributed by atoms with Gasteiger partial charge in [0.05, 0.1) is 11.6 Å². The lowest BCUT2D eigenvalue weighted by Crippen LogP contribution is -2.53. The molecular weight excluding hydrogens is 471 g/mol. The predicted octanol–water partition coefficient (Wildman–Crippen LogP) is 2.53. The Bertz CT molecular complexity index is 918. The zero-order chi connectivity index (χ0) is 26.2. The van der Waals surface area contributed by atoms with Crippen molar-refractivity contribution in [1.29, 1.82) is 0 Å². The third kappa shape index (κ3) is 7.94. The highest BCUT2D eigenvalue weighted by atomic mass is 19.4. The first-order valence-corrected chi connectivity index (χ1v) is 11.4. The minimum absolute atomic E-state index is 0.120. The molecule has 2 aliphatic rings. The molecule has 1 saturated carbocycles. The van der Waals surface area contributed by atoms with Crippen LogP contribution in [0.3, 0.4) is 0 Å². The number of alkyl halides is 3. The average molecular weight is 502 g/mol. The van der Waals surface area contributed by atoms with Crippen LogP contribution in [-0.2, 0) is 20.9 Å². The molecule has 1 aromatic carbocycles. The fourth-order valence-electron chi connectivity index (χ4n) is 4.37. The second kappa shape index (κ2) is 12.5. The molecule has 1 saturated heterocycles. The van der Waals surface area contributed by atoms with E-state index in [0.29, 0.717) is 18.5 Å². The van der Waals surface area contributed by atoms with Crippen LogP contribution in [0.15, 0.2) is 24.3 Å². The standard InChI is InChI=1S/C21H29N3O4.C2HF3O2/c22-18(14-7-2-1-3-8-14)20(26)24-12-6-11-17(24)19(25)23-13-15-9-4-5-10-16(15)21(27)28;3-2(4,5)1(6)7/h4-5,9-10,14,17-18H,1-3,6-8,11-13,22H2,(H,23,25)(H,27,28);(H,6,7)/t17-,18?;/m0./s1. The Labute approximate surface area is 200 Å². The average Bonchev–Trinajstić information content (AvgIpc) is 3.32. The largest absolute Gasteiger partial charge is 0.490 e. The highest BCUT2D eigenvalue weighted by Crippen LogP contribution is 2.28. The van der Waals surface area contributed by atoms with Crippen LogP contribution < -0.4 is 11.1 Å². The quantitative estimate of drug-likeness (QED) is 0.468. The maximum Gasteiger partial charge on any atom is 0.490 e. The van der Waals surface area contributed by atoms with Crippen LogP contribution in [0.25, 0.3) is 0 Å². The number of amides is 2. The molecule has 1 aliphatic heterocycles. The first kappa shape index (κ1) is 28.1. The normalized spacial score (nSPS) is 19.3. The lowest BCUT2D eigenvalue weighted by molar-refractivity contribution is -0.192. The minimum atomic E-state index is -5.08. The van der Waals surface area contributed by atoms with E-state index in [1.807, 2.05) is 0 Å². The zero-order valence-corrected chi connectivity index (χ0v) is 19.1. The summed E-state index contributed by atoms with van der Waals surface area (Å²) >= 11 is 0. The lowest BCUT2D eigenvalue weighted by Gasteiger charge is -2.32. The van der Waals surface area contributed by atoms with Crippen LogP contribution in [0.1, 0.15) is 60.9 Å². The number of hydrogen-bond donors (Lipinski definition) is 4. The van der Waals surface area contributed by atoms with Crippen molar-refractivity contribution >= 4 is 23.8 Å². The number of carboxylic acid groups (broad SMARTS) is 2. The van der Waals surface area contributed by atoms with Gasteiger partial charge in [-0.15, -0.1) is 0 Å². The third-order valence-corrected chi connectivity index (χ3v) is 6.22. The van der Waals surface area contributed by atoms with Crippen molar-refractivity contribution in [3.8, 4) is 0 Å². The summed E-state index contributed by atoms with van der Waals surface area (Å²) in [6.07, 6.45) is 1.66. The Morgan fingerprint density at radius 3 is 2.20 bits per heavy atom. The molecule has 0 radical (unpaired) electrons. The van der Waals surface area contributed by atoms with Gasteiger partial charge in [0.25, 0.3) is 0 Å². The molecule has 0 bridgehead atoms. The lowest BCUT2D eigenvalue weighted by atomic mass is 9.83. The molecule has 2 amide bonds. The van der Waals surface area contributed by atoms with Gasteiger partial charge in [-0.05, 0) is 43.2 Å². The van der Waals surface area contributed by atoms with E-state index < -0.39 is 30.2 Å².